The Morgan fingerprint density at radius 2 is 1.82 bits per heavy atom. The van der Waals surface area contributed by atoms with Crippen LogP contribution in [0.25, 0.3) is 11.0 Å². The lowest BCUT2D eigenvalue weighted by atomic mass is 9.79. The van der Waals surface area contributed by atoms with Crippen LogP contribution in [-0.2, 0) is 22.5 Å². The maximum Gasteiger partial charge on any atom is 0.240 e. The highest BCUT2D eigenvalue weighted by Gasteiger charge is 2.24. The Morgan fingerprint density at radius 3 is 2.54 bits per heavy atom. The summed E-state index contributed by atoms with van der Waals surface area (Å²) in [5.41, 5.74) is 3.25. The average Bonchev–Trinajstić information content (AvgIpc) is 2.99. The minimum absolute atomic E-state index is 0.000328. The summed E-state index contributed by atoms with van der Waals surface area (Å²) in [5, 5.41) is 3.18. The molecular formula is C23H29N3OS. The van der Waals surface area contributed by atoms with Crippen molar-refractivity contribution in [2.45, 2.75) is 50.9 Å². The largest absolute Gasteiger partial charge is 0.352 e. The van der Waals surface area contributed by atoms with Gasteiger partial charge in [0.05, 0.1) is 16.8 Å². The summed E-state index contributed by atoms with van der Waals surface area (Å²) in [6.07, 6.45) is 2.93. The van der Waals surface area contributed by atoms with E-state index in [1.807, 2.05) is 34.9 Å². The minimum Gasteiger partial charge on any atom is -0.352 e. The van der Waals surface area contributed by atoms with E-state index in [4.69, 9.17) is 4.98 Å². The number of nitrogens with zero attached hydrogens (tertiary/aromatic N) is 2. The van der Waals surface area contributed by atoms with Gasteiger partial charge in [0.2, 0.25) is 5.91 Å². The molecule has 5 heteroatoms. The lowest BCUT2D eigenvalue weighted by molar-refractivity contribution is -0.122. The van der Waals surface area contributed by atoms with E-state index < -0.39 is 0 Å². The molecule has 4 nitrogen and oxygen atoms in total. The third kappa shape index (κ3) is 4.76. The zero-order chi connectivity index (χ0) is 20.1. The van der Waals surface area contributed by atoms with Crippen LogP contribution in [0.15, 0.2) is 54.6 Å². The van der Waals surface area contributed by atoms with Crippen molar-refractivity contribution in [3.05, 3.63) is 66.0 Å². The Bertz CT molecular complexity index is 933. The second-order valence-corrected chi connectivity index (χ2v) is 8.82. The van der Waals surface area contributed by atoms with Crippen molar-refractivity contribution >= 4 is 28.7 Å². The fourth-order valence-corrected chi connectivity index (χ4v) is 4.31. The lowest BCUT2D eigenvalue weighted by Gasteiger charge is -2.29. The van der Waals surface area contributed by atoms with Gasteiger partial charge >= 0.3 is 0 Å². The number of nitrogens with one attached hydrogen (secondary N) is 1. The minimum atomic E-state index is -0.000328. The molecule has 0 fully saturated rings. The van der Waals surface area contributed by atoms with Crippen LogP contribution in [0.1, 0.15) is 38.6 Å². The molecule has 1 aromatic heterocycles. The van der Waals surface area contributed by atoms with Gasteiger partial charge in [-0.3, -0.25) is 4.79 Å². The smallest absolute Gasteiger partial charge is 0.240 e. The molecule has 0 saturated heterocycles. The van der Waals surface area contributed by atoms with E-state index in [2.05, 4.69) is 56.6 Å². The number of rotatable bonds is 8. The van der Waals surface area contributed by atoms with Crippen LogP contribution in [0, 0.1) is 0 Å². The quantitative estimate of drug-likeness (QED) is 0.597. The number of aromatic nitrogens is 2. The maximum absolute atomic E-state index is 12.8. The van der Waals surface area contributed by atoms with Crippen molar-refractivity contribution < 1.29 is 4.79 Å². The first kappa shape index (κ1) is 20.5. The zero-order valence-corrected chi connectivity index (χ0v) is 17.9. The van der Waals surface area contributed by atoms with E-state index in [0.29, 0.717) is 6.54 Å². The van der Waals surface area contributed by atoms with Crippen molar-refractivity contribution in [1.29, 1.82) is 0 Å². The van der Waals surface area contributed by atoms with Crippen LogP contribution >= 0.6 is 11.8 Å². The number of hydrogen-bond acceptors (Lipinski definition) is 3. The third-order valence-electron chi connectivity index (χ3n) is 5.09. The summed E-state index contributed by atoms with van der Waals surface area (Å²) in [6, 6.07) is 18.6. The summed E-state index contributed by atoms with van der Waals surface area (Å²) in [5.74, 6) is 1.77. The molecule has 3 rings (SSSR count). The maximum atomic E-state index is 12.8. The molecule has 28 heavy (non-hydrogen) atoms. The molecule has 0 aliphatic heterocycles. The highest BCUT2D eigenvalue weighted by molar-refractivity contribution is 7.97. The summed E-state index contributed by atoms with van der Waals surface area (Å²) in [7, 11) is 0. The summed E-state index contributed by atoms with van der Waals surface area (Å²) in [4.78, 5) is 17.5. The number of para-hydroxylation sites is 2. The first-order valence-electron chi connectivity index (χ1n) is 9.68. The van der Waals surface area contributed by atoms with Crippen LogP contribution in [0.4, 0.5) is 0 Å². The highest BCUT2D eigenvalue weighted by atomic mass is 32.2. The van der Waals surface area contributed by atoms with Gasteiger partial charge in [-0.1, -0.05) is 56.3 Å². The Labute approximate surface area is 171 Å². The van der Waals surface area contributed by atoms with E-state index in [9.17, 15) is 4.79 Å². The van der Waals surface area contributed by atoms with Crippen LogP contribution < -0.4 is 5.32 Å². The van der Waals surface area contributed by atoms with E-state index in [-0.39, 0.29) is 17.4 Å². The molecule has 0 aliphatic rings. The second-order valence-electron chi connectivity index (χ2n) is 7.96. The Morgan fingerprint density at radius 1 is 1.14 bits per heavy atom. The monoisotopic (exact) mass is 395 g/mol. The first-order chi connectivity index (χ1) is 13.4. The molecule has 0 saturated carbocycles. The van der Waals surface area contributed by atoms with Gasteiger partial charge in [-0.2, -0.15) is 11.8 Å². The highest BCUT2D eigenvalue weighted by Crippen LogP contribution is 2.28. The fourth-order valence-electron chi connectivity index (χ4n) is 3.83. The predicted octanol–water partition coefficient (Wildman–Crippen LogP) is 4.77. The molecule has 148 valence electrons. The zero-order valence-electron chi connectivity index (χ0n) is 17.1. The number of thioether (sulfide) groups is 1. The van der Waals surface area contributed by atoms with Crippen molar-refractivity contribution in [2.24, 2.45) is 0 Å². The third-order valence-corrected chi connectivity index (χ3v) is 5.63. The molecule has 1 heterocycles. The number of hydrogen-bond donors (Lipinski definition) is 1. The molecule has 3 aromatic rings. The van der Waals surface area contributed by atoms with Gasteiger partial charge in [-0.05, 0) is 42.7 Å². The molecule has 0 spiro atoms. The molecule has 0 radical (unpaired) electrons. The van der Waals surface area contributed by atoms with Crippen LogP contribution in [0.5, 0.6) is 0 Å². The van der Waals surface area contributed by atoms with Crippen molar-refractivity contribution in [1.82, 2.24) is 14.9 Å². The Kier molecular flexibility index (Phi) is 6.45. The fraction of sp³-hybridized carbons (Fsp3) is 0.391. The van der Waals surface area contributed by atoms with E-state index in [1.54, 1.807) is 11.8 Å². The van der Waals surface area contributed by atoms with Crippen molar-refractivity contribution in [2.75, 3.05) is 6.26 Å². The number of benzene rings is 2. The molecule has 1 unspecified atom stereocenters. The van der Waals surface area contributed by atoms with E-state index in [0.717, 1.165) is 29.0 Å². The van der Waals surface area contributed by atoms with Gasteiger partial charge in [-0.15, -0.1) is 0 Å². The summed E-state index contributed by atoms with van der Waals surface area (Å²) >= 11 is 1.72. The molecule has 1 N–H and O–H groups in total. The lowest BCUT2D eigenvalue weighted by Crippen LogP contribution is -2.39. The van der Waals surface area contributed by atoms with E-state index >= 15 is 0 Å². The molecule has 0 bridgehead atoms. The van der Waals surface area contributed by atoms with Gasteiger partial charge < -0.3 is 9.88 Å². The topological polar surface area (TPSA) is 46.9 Å². The number of carbonyl (C=O) groups is 1. The number of imidazole rings is 1. The second kappa shape index (κ2) is 8.82. The molecule has 2 aromatic carbocycles. The van der Waals surface area contributed by atoms with Gasteiger partial charge in [0.25, 0.3) is 0 Å². The van der Waals surface area contributed by atoms with Gasteiger partial charge in [0, 0.05) is 6.04 Å². The number of carbonyl (C=O) groups excluding carboxylic acids is 1. The molecule has 1 amide bonds. The SMILES string of the molecule is CSCc1nc2ccccc2n1CC(=O)NC(C)CC(C)(C)c1ccccc1. The van der Waals surface area contributed by atoms with E-state index in [1.165, 1.54) is 5.56 Å². The predicted molar refractivity (Wildman–Crippen MR) is 119 cm³/mol. The summed E-state index contributed by atoms with van der Waals surface area (Å²) in [6.45, 7) is 6.83. The van der Waals surface area contributed by atoms with Gasteiger partial charge in [0.1, 0.15) is 12.4 Å². The number of fused-ring (bicyclic) bond motifs is 1. The first-order valence-corrected chi connectivity index (χ1v) is 11.1. The normalized spacial score (nSPS) is 12.9. The molecule has 1 atom stereocenters. The Balaban J connectivity index is 1.69. The summed E-state index contributed by atoms with van der Waals surface area (Å²) < 4.78 is 2.04. The average molecular weight is 396 g/mol. The standard InChI is InChI=1S/C23H29N3OS/c1-17(14-23(2,3)18-10-6-5-7-11-18)24-22(27)15-26-20-13-9-8-12-19(20)25-21(26)16-28-4/h5-13,17H,14-16H2,1-4H3,(H,24,27). The van der Waals surface area contributed by atoms with Crippen LogP contribution in [0.3, 0.4) is 0 Å². The number of amides is 1. The van der Waals surface area contributed by atoms with Crippen LogP contribution in [0.2, 0.25) is 0 Å². The van der Waals surface area contributed by atoms with Crippen molar-refractivity contribution in [3.8, 4) is 0 Å². The molecular weight excluding hydrogens is 366 g/mol. The Hall–Kier alpha value is -2.27. The molecule has 0 aliphatic carbocycles. The van der Waals surface area contributed by atoms with Gasteiger partial charge in [-0.25, -0.2) is 4.98 Å². The van der Waals surface area contributed by atoms with Crippen molar-refractivity contribution in [3.63, 3.8) is 0 Å². The van der Waals surface area contributed by atoms with Crippen LogP contribution in [-0.4, -0.2) is 27.8 Å². The van der Waals surface area contributed by atoms with Gasteiger partial charge in [0.15, 0.2) is 0 Å².